The standard InChI is InChI=1S/C21H32N4O2/c1-6-9-23-20(26)7-10-24-21(27)19(14-22)13-18-12-16(4)25(17(18)5)11-8-15(2)3/h12-13,15H,6-11H2,1-5H3,(H,23,26)(H,24,27)/b19-13-. The number of nitriles is 1. The molecule has 0 aliphatic heterocycles. The maximum absolute atomic E-state index is 12.3. The van der Waals surface area contributed by atoms with E-state index in [1.54, 1.807) is 6.08 Å². The summed E-state index contributed by atoms with van der Waals surface area (Å²) in [5, 5.41) is 14.8. The summed E-state index contributed by atoms with van der Waals surface area (Å²) in [6.45, 7) is 12.2. The summed E-state index contributed by atoms with van der Waals surface area (Å²) in [5.41, 5.74) is 3.09. The number of nitrogens with zero attached hydrogens (tertiary/aromatic N) is 2. The third-order valence-electron chi connectivity index (χ3n) is 4.42. The van der Waals surface area contributed by atoms with Crippen molar-refractivity contribution in [3.8, 4) is 6.07 Å². The smallest absolute Gasteiger partial charge is 0.261 e. The Balaban J connectivity index is 2.76. The molecule has 0 bridgehead atoms. The van der Waals surface area contributed by atoms with Crippen LogP contribution in [0.3, 0.4) is 0 Å². The van der Waals surface area contributed by atoms with Gasteiger partial charge in [0.05, 0.1) is 0 Å². The van der Waals surface area contributed by atoms with Crippen LogP contribution in [0.4, 0.5) is 0 Å². The van der Waals surface area contributed by atoms with E-state index in [1.165, 1.54) is 0 Å². The maximum atomic E-state index is 12.3. The Morgan fingerprint density at radius 3 is 2.56 bits per heavy atom. The SMILES string of the molecule is CCCNC(=O)CCNC(=O)/C(C#N)=C\c1cc(C)n(CCC(C)C)c1C. The minimum atomic E-state index is -0.451. The molecule has 0 aliphatic rings. The van der Waals surface area contributed by atoms with Gasteiger partial charge in [0.15, 0.2) is 0 Å². The van der Waals surface area contributed by atoms with Crippen molar-refractivity contribution in [3.05, 3.63) is 28.6 Å². The summed E-state index contributed by atoms with van der Waals surface area (Å²) >= 11 is 0. The van der Waals surface area contributed by atoms with E-state index in [2.05, 4.69) is 29.0 Å². The Hall–Kier alpha value is -2.55. The van der Waals surface area contributed by atoms with Crippen molar-refractivity contribution in [2.75, 3.05) is 13.1 Å². The van der Waals surface area contributed by atoms with Crippen molar-refractivity contribution in [2.45, 2.75) is 60.4 Å². The van der Waals surface area contributed by atoms with E-state index < -0.39 is 5.91 Å². The van der Waals surface area contributed by atoms with Crippen molar-refractivity contribution < 1.29 is 9.59 Å². The number of rotatable bonds is 10. The number of hydrogen-bond acceptors (Lipinski definition) is 3. The van der Waals surface area contributed by atoms with Gasteiger partial charge in [-0.25, -0.2) is 0 Å². The number of amides is 2. The molecule has 6 heteroatoms. The molecular formula is C21H32N4O2. The van der Waals surface area contributed by atoms with Gasteiger partial charge >= 0.3 is 0 Å². The van der Waals surface area contributed by atoms with Crippen LogP contribution in [-0.2, 0) is 16.1 Å². The van der Waals surface area contributed by atoms with Gasteiger partial charge in [0.25, 0.3) is 5.91 Å². The van der Waals surface area contributed by atoms with E-state index in [0.717, 1.165) is 36.3 Å². The number of carbonyl (C=O) groups is 2. The van der Waals surface area contributed by atoms with Crippen molar-refractivity contribution in [3.63, 3.8) is 0 Å². The first kappa shape index (κ1) is 22.5. The molecule has 0 fully saturated rings. The molecule has 0 saturated heterocycles. The number of nitrogens with one attached hydrogen (secondary N) is 2. The van der Waals surface area contributed by atoms with E-state index in [1.807, 2.05) is 32.9 Å². The number of aromatic nitrogens is 1. The van der Waals surface area contributed by atoms with Crippen LogP contribution in [0, 0.1) is 31.1 Å². The first-order valence-electron chi connectivity index (χ1n) is 9.63. The summed E-state index contributed by atoms with van der Waals surface area (Å²) in [7, 11) is 0. The van der Waals surface area contributed by atoms with Crippen molar-refractivity contribution in [2.24, 2.45) is 5.92 Å². The van der Waals surface area contributed by atoms with Crippen LogP contribution < -0.4 is 10.6 Å². The second-order valence-corrected chi connectivity index (χ2v) is 7.19. The third-order valence-corrected chi connectivity index (χ3v) is 4.42. The van der Waals surface area contributed by atoms with Gasteiger partial charge < -0.3 is 15.2 Å². The van der Waals surface area contributed by atoms with Gasteiger partial charge in [0, 0.05) is 37.4 Å². The molecular weight excluding hydrogens is 340 g/mol. The molecule has 1 aromatic rings. The fraction of sp³-hybridized carbons (Fsp3) is 0.571. The fourth-order valence-electron chi connectivity index (χ4n) is 2.75. The second kappa shape index (κ2) is 11.2. The van der Waals surface area contributed by atoms with Gasteiger partial charge in [-0.1, -0.05) is 20.8 Å². The highest BCUT2D eigenvalue weighted by Gasteiger charge is 2.13. The molecule has 0 aromatic carbocycles. The Kier molecular flexibility index (Phi) is 9.35. The van der Waals surface area contributed by atoms with Gasteiger partial charge in [0.1, 0.15) is 11.6 Å². The molecule has 0 unspecified atom stereocenters. The van der Waals surface area contributed by atoms with E-state index >= 15 is 0 Å². The Morgan fingerprint density at radius 1 is 1.26 bits per heavy atom. The van der Waals surface area contributed by atoms with Crippen LogP contribution in [0.2, 0.25) is 0 Å². The zero-order valence-electron chi connectivity index (χ0n) is 17.2. The molecule has 2 N–H and O–H groups in total. The van der Waals surface area contributed by atoms with Gasteiger partial charge in [-0.2, -0.15) is 5.26 Å². The lowest BCUT2D eigenvalue weighted by Gasteiger charge is -2.11. The lowest BCUT2D eigenvalue weighted by atomic mass is 10.1. The first-order valence-corrected chi connectivity index (χ1v) is 9.63. The minimum absolute atomic E-state index is 0.0491. The highest BCUT2D eigenvalue weighted by Crippen LogP contribution is 2.19. The molecule has 27 heavy (non-hydrogen) atoms. The minimum Gasteiger partial charge on any atom is -0.356 e. The number of hydrogen-bond donors (Lipinski definition) is 2. The fourth-order valence-corrected chi connectivity index (χ4v) is 2.75. The lowest BCUT2D eigenvalue weighted by Crippen LogP contribution is -2.31. The monoisotopic (exact) mass is 372 g/mol. The molecule has 1 aromatic heterocycles. The number of carbonyl (C=O) groups excluding carboxylic acids is 2. The van der Waals surface area contributed by atoms with Crippen molar-refractivity contribution >= 4 is 17.9 Å². The summed E-state index contributed by atoms with van der Waals surface area (Å²) in [6, 6.07) is 3.97. The molecule has 0 atom stereocenters. The van der Waals surface area contributed by atoms with Crippen LogP contribution in [0.5, 0.6) is 0 Å². The van der Waals surface area contributed by atoms with Crippen LogP contribution in [0.15, 0.2) is 11.6 Å². The number of aryl methyl sites for hydroxylation is 1. The van der Waals surface area contributed by atoms with Crippen molar-refractivity contribution in [1.82, 2.24) is 15.2 Å². The predicted octanol–water partition coefficient (Wildman–Crippen LogP) is 3.09. The Labute approximate surface area is 162 Å². The average molecular weight is 373 g/mol. The van der Waals surface area contributed by atoms with E-state index in [-0.39, 0.29) is 24.4 Å². The largest absolute Gasteiger partial charge is 0.356 e. The summed E-state index contributed by atoms with van der Waals surface area (Å²) in [6.07, 6.45) is 3.77. The molecule has 0 aliphatic carbocycles. The maximum Gasteiger partial charge on any atom is 0.261 e. The summed E-state index contributed by atoms with van der Waals surface area (Å²) in [4.78, 5) is 23.8. The zero-order valence-corrected chi connectivity index (χ0v) is 17.2. The molecule has 0 spiro atoms. The lowest BCUT2D eigenvalue weighted by molar-refractivity contribution is -0.121. The van der Waals surface area contributed by atoms with E-state index in [0.29, 0.717) is 12.5 Å². The molecule has 2 amide bonds. The molecule has 148 valence electrons. The molecule has 1 heterocycles. The molecule has 0 radical (unpaired) electrons. The highest BCUT2D eigenvalue weighted by molar-refractivity contribution is 6.01. The quantitative estimate of drug-likeness (QED) is 0.489. The van der Waals surface area contributed by atoms with E-state index in [9.17, 15) is 14.9 Å². The first-order chi connectivity index (χ1) is 12.8. The van der Waals surface area contributed by atoms with Crippen LogP contribution in [-0.4, -0.2) is 29.5 Å². The van der Waals surface area contributed by atoms with Gasteiger partial charge in [-0.15, -0.1) is 0 Å². The average Bonchev–Trinajstić information content (AvgIpc) is 2.88. The van der Waals surface area contributed by atoms with Crippen LogP contribution >= 0.6 is 0 Å². The predicted molar refractivity (Wildman–Crippen MR) is 108 cm³/mol. The summed E-state index contributed by atoms with van der Waals surface area (Å²) in [5.74, 6) is 0.0567. The summed E-state index contributed by atoms with van der Waals surface area (Å²) < 4.78 is 2.22. The highest BCUT2D eigenvalue weighted by atomic mass is 16.2. The Morgan fingerprint density at radius 2 is 1.96 bits per heavy atom. The van der Waals surface area contributed by atoms with E-state index in [4.69, 9.17) is 0 Å². The topological polar surface area (TPSA) is 86.9 Å². The molecule has 0 saturated carbocycles. The van der Waals surface area contributed by atoms with Crippen molar-refractivity contribution in [1.29, 1.82) is 5.26 Å². The van der Waals surface area contributed by atoms with Gasteiger partial charge in [0.2, 0.25) is 5.91 Å². The molecule has 6 nitrogen and oxygen atoms in total. The Bertz CT molecular complexity index is 723. The zero-order chi connectivity index (χ0) is 20.4. The third kappa shape index (κ3) is 7.30. The van der Waals surface area contributed by atoms with Gasteiger partial charge in [-0.3, -0.25) is 9.59 Å². The van der Waals surface area contributed by atoms with Gasteiger partial charge in [-0.05, 0) is 50.3 Å². The molecule has 1 rings (SSSR count). The van der Waals surface area contributed by atoms with Crippen LogP contribution in [0.25, 0.3) is 6.08 Å². The second-order valence-electron chi connectivity index (χ2n) is 7.19. The van der Waals surface area contributed by atoms with Crippen LogP contribution in [0.1, 0.15) is 57.0 Å². The normalized spacial score (nSPS) is 11.4.